The number of carbonyl (C=O) groups excluding carboxylic acids is 1. The first-order chi connectivity index (χ1) is 19.5. The van der Waals surface area contributed by atoms with E-state index in [0.29, 0.717) is 43.1 Å². The Morgan fingerprint density at radius 1 is 1.00 bits per heavy atom. The maximum absolute atomic E-state index is 13.5. The summed E-state index contributed by atoms with van der Waals surface area (Å²) in [5.41, 5.74) is 0.854. The number of rotatable bonds is 10. The van der Waals surface area contributed by atoms with Gasteiger partial charge in [0.25, 0.3) is 15.9 Å². The Labute approximate surface area is 240 Å². The lowest BCUT2D eigenvalue weighted by atomic mass is 10.0. The summed E-state index contributed by atoms with van der Waals surface area (Å²) in [5, 5.41) is 9.42. The summed E-state index contributed by atoms with van der Waals surface area (Å²) < 4.78 is 40.0. The Hall–Kier alpha value is -4.25. The van der Waals surface area contributed by atoms with Crippen molar-refractivity contribution in [2.45, 2.75) is 37.7 Å². The molecule has 41 heavy (non-hydrogen) atoms. The van der Waals surface area contributed by atoms with E-state index in [-0.39, 0.29) is 22.9 Å². The second kappa shape index (κ2) is 12.1. The van der Waals surface area contributed by atoms with Crippen molar-refractivity contribution in [1.82, 2.24) is 4.90 Å². The average Bonchev–Trinajstić information content (AvgIpc) is 2.97. The van der Waals surface area contributed by atoms with E-state index in [1.165, 1.54) is 43.3 Å². The van der Waals surface area contributed by atoms with Gasteiger partial charge in [0, 0.05) is 37.4 Å². The predicted octanol–water partition coefficient (Wildman–Crippen LogP) is 4.40. The van der Waals surface area contributed by atoms with Crippen molar-refractivity contribution in [3.63, 3.8) is 0 Å². The molecule has 218 valence electrons. The topological polar surface area (TPSA) is 125 Å². The van der Waals surface area contributed by atoms with E-state index in [9.17, 15) is 23.1 Å². The normalized spacial score (nSPS) is 15.1. The van der Waals surface area contributed by atoms with Gasteiger partial charge in [0.15, 0.2) is 0 Å². The van der Waals surface area contributed by atoms with E-state index in [1.807, 2.05) is 24.3 Å². The number of aryl methyl sites for hydroxylation is 1. The Bertz CT molecular complexity index is 1520. The second-order valence-corrected chi connectivity index (χ2v) is 11.7. The fourth-order valence-electron chi connectivity index (χ4n) is 4.54. The minimum Gasteiger partial charge on any atom is -0.495 e. The van der Waals surface area contributed by atoms with Crippen LogP contribution in [0.4, 0.5) is 11.4 Å². The number of sulfonamides is 1. The van der Waals surface area contributed by atoms with Gasteiger partial charge in [-0.1, -0.05) is 25.1 Å². The number of hydrogen-bond donors (Lipinski definition) is 2. The molecule has 10 nitrogen and oxygen atoms in total. The van der Waals surface area contributed by atoms with Crippen molar-refractivity contribution >= 4 is 33.3 Å². The number of anilines is 2. The van der Waals surface area contributed by atoms with Gasteiger partial charge >= 0.3 is 5.97 Å². The largest absolute Gasteiger partial charge is 0.495 e. The molecule has 11 heteroatoms. The molecule has 0 aliphatic carbocycles. The highest BCUT2D eigenvalue weighted by Crippen LogP contribution is 2.29. The molecule has 1 aliphatic rings. The average molecular weight is 582 g/mol. The lowest BCUT2D eigenvalue weighted by Crippen LogP contribution is -2.49. The minimum atomic E-state index is -4.01. The van der Waals surface area contributed by atoms with Gasteiger partial charge in [0.05, 0.1) is 17.7 Å². The van der Waals surface area contributed by atoms with Crippen LogP contribution in [0.2, 0.25) is 0 Å². The van der Waals surface area contributed by atoms with Crippen LogP contribution >= 0.6 is 0 Å². The third-order valence-electron chi connectivity index (χ3n) is 7.32. The maximum Gasteiger partial charge on any atom is 0.347 e. The molecule has 1 unspecified atom stereocenters. The number of para-hydroxylation sites is 2. The third kappa shape index (κ3) is 6.57. The molecule has 2 N–H and O–H groups in total. The first-order valence-electron chi connectivity index (χ1n) is 13.3. The smallest absolute Gasteiger partial charge is 0.347 e. The fourth-order valence-corrected chi connectivity index (χ4v) is 5.63. The monoisotopic (exact) mass is 581 g/mol. The van der Waals surface area contributed by atoms with Crippen LogP contribution in [-0.2, 0) is 14.8 Å². The molecule has 1 atom stereocenters. The zero-order valence-electron chi connectivity index (χ0n) is 23.6. The molecule has 3 aromatic rings. The van der Waals surface area contributed by atoms with Gasteiger partial charge < -0.3 is 24.4 Å². The van der Waals surface area contributed by atoms with E-state index in [4.69, 9.17) is 9.47 Å². The number of ether oxygens (including phenoxy) is 2. The fraction of sp³-hybridized carbons (Fsp3) is 0.333. The minimum absolute atomic E-state index is 0.0381. The summed E-state index contributed by atoms with van der Waals surface area (Å²) in [6, 6.07) is 18.2. The van der Waals surface area contributed by atoms with Gasteiger partial charge in [0.2, 0.25) is 5.60 Å². The van der Waals surface area contributed by atoms with Crippen LogP contribution in [0.1, 0.15) is 36.2 Å². The highest BCUT2D eigenvalue weighted by Gasteiger charge is 2.33. The van der Waals surface area contributed by atoms with Crippen molar-refractivity contribution in [3.8, 4) is 11.5 Å². The number of carboxylic acids is 1. The number of piperazine rings is 1. The predicted molar refractivity (Wildman–Crippen MR) is 156 cm³/mol. The highest BCUT2D eigenvalue weighted by atomic mass is 32.2. The number of nitrogens with zero attached hydrogens (tertiary/aromatic N) is 2. The van der Waals surface area contributed by atoms with Crippen LogP contribution in [0.5, 0.6) is 11.5 Å². The molecular formula is C30H35N3O7S. The molecule has 1 saturated heterocycles. The van der Waals surface area contributed by atoms with Gasteiger partial charge in [-0.2, -0.15) is 0 Å². The molecular weight excluding hydrogens is 546 g/mol. The molecule has 1 heterocycles. The molecule has 3 aromatic carbocycles. The lowest BCUT2D eigenvalue weighted by molar-refractivity contribution is -0.154. The van der Waals surface area contributed by atoms with Gasteiger partial charge in [-0.15, -0.1) is 0 Å². The number of carboxylic acid groups (broad SMARTS) is 1. The van der Waals surface area contributed by atoms with Crippen LogP contribution in [0.25, 0.3) is 0 Å². The number of benzene rings is 3. The van der Waals surface area contributed by atoms with Gasteiger partial charge in [-0.25, -0.2) is 13.2 Å². The Morgan fingerprint density at radius 2 is 1.66 bits per heavy atom. The summed E-state index contributed by atoms with van der Waals surface area (Å²) in [6.07, 6.45) is 0.253. The van der Waals surface area contributed by atoms with Crippen molar-refractivity contribution < 1.29 is 32.6 Å². The zero-order chi connectivity index (χ0) is 29.8. The third-order valence-corrected chi connectivity index (χ3v) is 8.70. The van der Waals surface area contributed by atoms with Gasteiger partial charge in [-0.3, -0.25) is 9.52 Å². The summed E-state index contributed by atoms with van der Waals surface area (Å²) >= 11 is 0. The van der Waals surface area contributed by atoms with Crippen LogP contribution in [0.15, 0.2) is 71.6 Å². The van der Waals surface area contributed by atoms with Crippen LogP contribution in [0, 0.1) is 6.92 Å². The molecule has 1 amide bonds. The Kier molecular flexibility index (Phi) is 8.77. The summed E-state index contributed by atoms with van der Waals surface area (Å²) in [6.45, 7) is 7.17. The van der Waals surface area contributed by atoms with E-state index < -0.39 is 21.6 Å². The summed E-state index contributed by atoms with van der Waals surface area (Å²) in [4.78, 5) is 28.8. The molecule has 1 fully saturated rings. The molecule has 4 rings (SSSR count). The first-order valence-corrected chi connectivity index (χ1v) is 14.8. The highest BCUT2D eigenvalue weighted by molar-refractivity contribution is 7.92. The van der Waals surface area contributed by atoms with Crippen LogP contribution < -0.4 is 19.1 Å². The summed E-state index contributed by atoms with van der Waals surface area (Å²) in [7, 11) is -2.38. The number of nitrogens with one attached hydrogen (secondary N) is 1. The van der Waals surface area contributed by atoms with E-state index in [1.54, 1.807) is 31.9 Å². The first kappa shape index (κ1) is 29.7. The van der Waals surface area contributed by atoms with Crippen molar-refractivity contribution in [1.29, 1.82) is 0 Å². The number of hydrogen-bond acceptors (Lipinski definition) is 7. The van der Waals surface area contributed by atoms with E-state index in [0.717, 1.165) is 11.4 Å². The Balaban J connectivity index is 1.45. The molecule has 1 aliphatic heterocycles. The SMILES string of the molecule is CCC(C)(Oc1ccc(NS(=O)(=O)c2ccc(C)c(C(=O)N3CCN(c4ccccc4OC)CC3)c2)cc1)C(=O)O. The Morgan fingerprint density at radius 3 is 2.27 bits per heavy atom. The lowest BCUT2D eigenvalue weighted by Gasteiger charge is -2.36. The maximum atomic E-state index is 13.5. The van der Waals surface area contributed by atoms with Crippen molar-refractivity contribution in [3.05, 3.63) is 77.9 Å². The zero-order valence-corrected chi connectivity index (χ0v) is 24.4. The van der Waals surface area contributed by atoms with Crippen LogP contribution in [-0.4, -0.2) is 69.2 Å². The van der Waals surface area contributed by atoms with Crippen molar-refractivity contribution in [2.75, 3.05) is 42.9 Å². The molecule has 0 radical (unpaired) electrons. The van der Waals surface area contributed by atoms with Crippen molar-refractivity contribution in [2.24, 2.45) is 0 Å². The second-order valence-electron chi connectivity index (χ2n) is 10.0. The number of carbonyl (C=O) groups is 2. The van der Waals surface area contributed by atoms with Crippen LogP contribution in [0.3, 0.4) is 0 Å². The molecule has 0 saturated carbocycles. The van der Waals surface area contributed by atoms with E-state index >= 15 is 0 Å². The van der Waals surface area contributed by atoms with Gasteiger partial charge in [-0.05, 0) is 74.4 Å². The molecule has 0 bridgehead atoms. The van der Waals surface area contributed by atoms with Gasteiger partial charge in [0.1, 0.15) is 11.5 Å². The number of amides is 1. The molecule has 0 aromatic heterocycles. The molecule has 0 spiro atoms. The quantitative estimate of drug-likeness (QED) is 0.361. The van der Waals surface area contributed by atoms with E-state index in [2.05, 4.69) is 9.62 Å². The number of methoxy groups -OCH3 is 1. The number of aliphatic carboxylic acids is 1. The standard InChI is InChI=1S/C30H35N3O7S/c1-5-30(3,29(35)36)40-23-13-11-22(12-14-23)31-41(37,38)24-15-10-21(2)25(20-24)28(34)33-18-16-32(17-19-33)26-8-6-7-9-27(26)39-4/h6-15,20,31H,5,16-19H2,1-4H3,(H,35,36). The summed E-state index contributed by atoms with van der Waals surface area (Å²) in [5.74, 6) is -0.241.